The van der Waals surface area contributed by atoms with Gasteiger partial charge in [0.15, 0.2) is 5.60 Å². The van der Waals surface area contributed by atoms with Gasteiger partial charge in [0, 0.05) is 5.69 Å². The van der Waals surface area contributed by atoms with Crippen molar-refractivity contribution in [1.29, 1.82) is 0 Å². The number of carbonyl (C=O) groups excluding carboxylic acids is 1. The SMILES string of the molecule is CC(O)(c1ccc(NC(=O)c2ccc(C(F)(F)F)cc2F)cc1)C(F)(F)F. The topological polar surface area (TPSA) is 49.3 Å². The molecule has 0 aliphatic carbocycles. The highest BCUT2D eigenvalue weighted by molar-refractivity contribution is 6.04. The first-order chi connectivity index (χ1) is 12.2. The summed E-state index contributed by atoms with van der Waals surface area (Å²) in [4.78, 5) is 12.0. The van der Waals surface area contributed by atoms with E-state index in [1.165, 1.54) is 0 Å². The molecule has 27 heavy (non-hydrogen) atoms. The van der Waals surface area contributed by atoms with Gasteiger partial charge in [0.2, 0.25) is 0 Å². The van der Waals surface area contributed by atoms with Crippen molar-refractivity contribution < 1.29 is 40.6 Å². The lowest BCUT2D eigenvalue weighted by Gasteiger charge is -2.26. The first-order valence-electron chi connectivity index (χ1n) is 7.31. The summed E-state index contributed by atoms with van der Waals surface area (Å²) in [6.07, 6.45) is -9.71. The molecule has 10 heteroatoms. The average molecular weight is 395 g/mol. The van der Waals surface area contributed by atoms with Crippen LogP contribution in [-0.2, 0) is 11.8 Å². The number of alkyl halides is 6. The molecule has 0 aliphatic heterocycles. The van der Waals surface area contributed by atoms with Crippen LogP contribution < -0.4 is 5.32 Å². The van der Waals surface area contributed by atoms with Crippen molar-refractivity contribution in [2.24, 2.45) is 0 Å². The molecule has 0 fully saturated rings. The zero-order valence-electron chi connectivity index (χ0n) is 13.5. The van der Waals surface area contributed by atoms with E-state index in [0.29, 0.717) is 19.1 Å². The van der Waals surface area contributed by atoms with Crippen LogP contribution >= 0.6 is 0 Å². The van der Waals surface area contributed by atoms with Crippen molar-refractivity contribution in [1.82, 2.24) is 0 Å². The molecule has 2 rings (SSSR count). The smallest absolute Gasteiger partial charge is 0.376 e. The van der Waals surface area contributed by atoms with Crippen LogP contribution in [0.3, 0.4) is 0 Å². The summed E-state index contributed by atoms with van der Waals surface area (Å²) in [6.45, 7) is 0.554. The fourth-order valence-electron chi connectivity index (χ4n) is 2.12. The highest BCUT2D eigenvalue weighted by atomic mass is 19.4. The van der Waals surface area contributed by atoms with Crippen LogP contribution in [0.5, 0.6) is 0 Å². The molecule has 2 aromatic carbocycles. The fraction of sp³-hybridized carbons (Fsp3) is 0.235. The van der Waals surface area contributed by atoms with Gasteiger partial charge in [-0.15, -0.1) is 0 Å². The van der Waals surface area contributed by atoms with Gasteiger partial charge in [0.25, 0.3) is 5.91 Å². The van der Waals surface area contributed by atoms with E-state index < -0.39 is 46.4 Å². The first kappa shape index (κ1) is 20.7. The largest absolute Gasteiger partial charge is 0.421 e. The average Bonchev–Trinajstić information content (AvgIpc) is 2.53. The van der Waals surface area contributed by atoms with Gasteiger partial charge in [-0.05, 0) is 42.8 Å². The number of hydrogen-bond acceptors (Lipinski definition) is 2. The number of rotatable bonds is 3. The van der Waals surface area contributed by atoms with Crippen LogP contribution in [0.2, 0.25) is 0 Å². The Morgan fingerprint density at radius 2 is 1.44 bits per heavy atom. The molecular weight excluding hydrogens is 383 g/mol. The number of carbonyl (C=O) groups is 1. The maximum absolute atomic E-state index is 13.8. The van der Waals surface area contributed by atoms with Crippen LogP contribution in [-0.4, -0.2) is 17.2 Å². The molecule has 0 saturated heterocycles. The number of anilines is 1. The van der Waals surface area contributed by atoms with Gasteiger partial charge < -0.3 is 10.4 Å². The van der Waals surface area contributed by atoms with Gasteiger partial charge in [-0.1, -0.05) is 12.1 Å². The fourth-order valence-corrected chi connectivity index (χ4v) is 2.12. The van der Waals surface area contributed by atoms with E-state index in [-0.39, 0.29) is 11.8 Å². The summed E-state index contributed by atoms with van der Waals surface area (Å²) in [5, 5.41) is 11.7. The van der Waals surface area contributed by atoms with E-state index in [4.69, 9.17) is 0 Å². The highest BCUT2D eigenvalue weighted by Gasteiger charge is 2.51. The second-order valence-electron chi connectivity index (χ2n) is 5.79. The summed E-state index contributed by atoms with van der Waals surface area (Å²) in [6, 6.07) is 5.24. The lowest BCUT2D eigenvalue weighted by Crippen LogP contribution is -2.39. The molecule has 0 aliphatic rings. The second kappa shape index (κ2) is 6.84. The molecule has 0 spiro atoms. The molecule has 1 unspecified atom stereocenters. The van der Waals surface area contributed by atoms with Crippen LogP contribution in [0.15, 0.2) is 42.5 Å². The Bertz CT molecular complexity index is 840. The lowest BCUT2D eigenvalue weighted by molar-refractivity contribution is -0.258. The zero-order valence-corrected chi connectivity index (χ0v) is 13.5. The molecule has 2 N–H and O–H groups in total. The van der Waals surface area contributed by atoms with Crippen molar-refractivity contribution in [2.75, 3.05) is 5.32 Å². The Morgan fingerprint density at radius 1 is 0.926 bits per heavy atom. The summed E-state index contributed by atoms with van der Waals surface area (Å²) >= 11 is 0. The van der Waals surface area contributed by atoms with Crippen LogP contribution in [0.4, 0.5) is 36.4 Å². The van der Waals surface area contributed by atoms with Gasteiger partial charge in [-0.25, -0.2) is 4.39 Å². The predicted molar refractivity (Wildman–Crippen MR) is 81.4 cm³/mol. The third-order valence-corrected chi connectivity index (χ3v) is 3.80. The molecule has 0 aromatic heterocycles. The van der Waals surface area contributed by atoms with Crippen LogP contribution in [0.1, 0.15) is 28.4 Å². The molecule has 146 valence electrons. The maximum Gasteiger partial charge on any atom is 0.421 e. The monoisotopic (exact) mass is 395 g/mol. The molecule has 3 nitrogen and oxygen atoms in total. The molecule has 1 atom stereocenters. The predicted octanol–water partition coefficient (Wildman–Crippen LogP) is 4.87. The van der Waals surface area contributed by atoms with Crippen LogP contribution in [0, 0.1) is 5.82 Å². The van der Waals surface area contributed by atoms with Gasteiger partial charge >= 0.3 is 12.4 Å². The molecule has 0 radical (unpaired) electrons. The number of benzene rings is 2. The Morgan fingerprint density at radius 3 is 1.89 bits per heavy atom. The van der Waals surface area contributed by atoms with Gasteiger partial charge in [-0.2, -0.15) is 26.3 Å². The van der Waals surface area contributed by atoms with Gasteiger partial charge in [0.05, 0.1) is 11.1 Å². The molecule has 2 aromatic rings. The minimum absolute atomic E-state index is 0.0407. The standard InChI is InChI=1S/C17H12F7NO2/c1-15(27,17(22,23)24)9-2-5-11(6-3-9)25-14(26)12-7-4-10(8-13(12)18)16(19,20)21/h2-8,27H,1H3,(H,25,26). The maximum atomic E-state index is 13.8. The van der Waals surface area contributed by atoms with Gasteiger partial charge in [-0.3, -0.25) is 4.79 Å². The summed E-state index contributed by atoms with van der Waals surface area (Å²) < 4.78 is 89.6. The Hall–Kier alpha value is -2.62. The van der Waals surface area contributed by atoms with Crippen molar-refractivity contribution in [3.05, 3.63) is 65.0 Å². The van der Waals surface area contributed by atoms with E-state index >= 15 is 0 Å². The second-order valence-corrected chi connectivity index (χ2v) is 5.79. The van der Waals surface area contributed by atoms with E-state index in [1.54, 1.807) is 0 Å². The Balaban J connectivity index is 2.20. The van der Waals surface area contributed by atoms with Crippen molar-refractivity contribution in [3.8, 4) is 0 Å². The molecular formula is C17H12F7NO2. The minimum atomic E-state index is -4.93. The normalized spacial score (nSPS) is 14.6. The summed E-state index contributed by atoms with van der Waals surface area (Å²) in [5.74, 6) is -2.49. The number of amides is 1. The Labute approximate surface area is 148 Å². The number of nitrogens with one attached hydrogen (secondary N) is 1. The number of aliphatic hydroxyl groups is 1. The lowest BCUT2D eigenvalue weighted by atomic mass is 9.95. The van der Waals surface area contributed by atoms with Crippen molar-refractivity contribution >= 4 is 11.6 Å². The Kier molecular flexibility index (Phi) is 5.24. The molecule has 0 bridgehead atoms. The van der Waals surface area contributed by atoms with Crippen molar-refractivity contribution in [2.45, 2.75) is 24.9 Å². The van der Waals surface area contributed by atoms with E-state index in [1.807, 2.05) is 0 Å². The molecule has 0 saturated carbocycles. The number of hydrogen-bond donors (Lipinski definition) is 2. The molecule has 0 heterocycles. The van der Waals surface area contributed by atoms with E-state index in [9.17, 15) is 40.6 Å². The summed E-state index contributed by atoms with van der Waals surface area (Å²) in [5.41, 5.74) is -5.59. The minimum Gasteiger partial charge on any atom is -0.376 e. The third-order valence-electron chi connectivity index (χ3n) is 3.80. The van der Waals surface area contributed by atoms with Crippen LogP contribution in [0.25, 0.3) is 0 Å². The number of halogens is 7. The summed E-state index contributed by atoms with van der Waals surface area (Å²) in [7, 11) is 0. The van der Waals surface area contributed by atoms with Crippen molar-refractivity contribution in [3.63, 3.8) is 0 Å². The third kappa shape index (κ3) is 4.38. The van der Waals surface area contributed by atoms with Gasteiger partial charge in [0.1, 0.15) is 5.82 Å². The molecule has 1 amide bonds. The van der Waals surface area contributed by atoms with E-state index in [2.05, 4.69) is 5.32 Å². The quantitative estimate of drug-likeness (QED) is 0.729. The highest BCUT2D eigenvalue weighted by Crippen LogP contribution is 2.38. The zero-order chi connectivity index (χ0) is 20.6. The first-order valence-corrected chi connectivity index (χ1v) is 7.31. The van der Waals surface area contributed by atoms with E-state index in [0.717, 1.165) is 24.3 Å².